The zero-order valence-electron chi connectivity index (χ0n) is 13.3. The molecule has 2 aromatic rings. The average molecular weight is 331 g/mol. The molecule has 0 saturated heterocycles. The number of carbonyl (C=O) groups excluding carboxylic acids is 1. The fourth-order valence-electron chi connectivity index (χ4n) is 2.01. The van der Waals surface area contributed by atoms with Crippen molar-refractivity contribution in [3.63, 3.8) is 0 Å². The van der Waals surface area contributed by atoms with Crippen molar-refractivity contribution in [2.75, 3.05) is 31.4 Å². The van der Waals surface area contributed by atoms with Crippen LogP contribution in [0.5, 0.6) is 0 Å². The average Bonchev–Trinajstić information content (AvgIpc) is 2.55. The van der Waals surface area contributed by atoms with Gasteiger partial charge in [-0.3, -0.25) is 4.79 Å². The molecule has 2 aromatic carbocycles. The lowest BCUT2D eigenvalue weighted by atomic mass is 10.1. The first-order valence-electron chi connectivity index (χ1n) is 7.09. The smallest absolute Gasteiger partial charge is 0.273 e. The van der Waals surface area contributed by atoms with Gasteiger partial charge in [-0.25, -0.2) is 5.43 Å². The summed E-state index contributed by atoms with van der Waals surface area (Å²) in [5, 5.41) is 7.44. The summed E-state index contributed by atoms with van der Waals surface area (Å²) in [6, 6.07) is 12.9. The fourth-order valence-corrected chi connectivity index (χ4v) is 2.18. The lowest BCUT2D eigenvalue weighted by Crippen LogP contribution is -2.19. The maximum absolute atomic E-state index is 12.2. The number of rotatable bonds is 5. The van der Waals surface area contributed by atoms with Gasteiger partial charge in [-0.15, -0.1) is 0 Å². The first-order chi connectivity index (χ1) is 11.0. The van der Waals surface area contributed by atoms with Gasteiger partial charge in [0.1, 0.15) is 0 Å². The molecule has 0 aliphatic heterocycles. The summed E-state index contributed by atoms with van der Waals surface area (Å²) in [4.78, 5) is 14.2. The summed E-state index contributed by atoms with van der Waals surface area (Å²) < 4.78 is 0. The number of hydrogen-bond acceptors (Lipinski definition) is 4. The fraction of sp³-hybridized carbons (Fsp3) is 0.176. The maximum Gasteiger partial charge on any atom is 0.273 e. The molecule has 0 radical (unpaired) electrons. The molecule has 120 valence electrons. The minimum atomic E-state index is -0.321. The minimum absolute atomic E-state index is 0.321. The van der Waals surface area contributed by atoms with E-state index in [-0.39, 0.29) is 5.91 Å². The lowest BCUT2D eigenvalue weighted by molar-refractivity contribution is 0.0956. The predicted molar refractivity (Wildman–Crippen MR) is 96.8 cm³/mol. The summed E-state index contributed by atoms with van der Waals surface area (Å²) in [7, 11) is 5.71. The lowest BCUT2D eigenvalue weighted by Gasteiger charge is -2.11. The van der Waals surface area contributed by atoms with E-state index in [0.717, 1.165) is 11.3 Å². The molecular weight excluding hydrogens is 312 g/mol. The van der Waals surface area contributed by atoms with Gasteiger partial charge in [0.2, 0.25) is 0 Å². The topological polar surface area (TPSA) is 56.7 Å². The molecule has 0 aliphatic carbocycles. The highest BCUT2D eigenvalue weighted by atomic mass is 35.5. The molecular formula is C17H19ClN4O. The summed E-state index contributed by atoms with van der Waals surface area (Å²) in [5.74, 6) is -0.321. The van der Waals surface area contributed by atoms with E-state index in [2.05, 4.69) is 15.8 Å². The van der Waals surface area contributed by atoms with Crippen LogP contribution in [0, 0.1) is 0 Å². The molecule has 2 rings (SSSR count). The number of hydrogen-bond donors (Lipinski definition) is 2. The van der Waals surface area contributed by atoms with Gasteiger partial charge in [0.25, 0.3) is 5.91 Å². The Balaban J connectivity index is 2.05. The van der Waals surface area contributed by atoms with E-state index in [1.54, 1.807) is 31.5 Å². The van der Waals surface area contributed by atoms with Crippen molar-refractivity contribution in [1.82, 2.24) is 5.43 Å². The summed E-state index contributed by atoms with van der Waals surface area (Å²) in [5.41, 5.74) is 5.64. The SMILES string of the molecule is CNc1ccc(Cl)cc1C(=O)NN=Cc1ccc(N(C)C)cc1. The van der Waals surface area contributed by atoms with Crippen LogP contribution in [-0.4, -0.2) is 33.3 Å². The monoisotopic (exact) mass is 330 g/mol. The molecule has 1 amide bonds. The third-order valence-electron chi connectivity index (χ3n) is 3.28. The third kappa shape index (κ3) is 4.47. The van der Waals surface area contributed by atoms with Crippen LogP contribution in [0.1, 0.15) is 15.9 Å². The van der Waals surface area contributed by atoms with Crippen LogP contribution in [0.4, 0.5) is 11.4 Å². The summed E-state index contributed by atoms with van der Waals surface area (Å²) in [6.45, 7) is 0. The second-order valence-electron chi connectivity index (χ2n) is 5.12. The van der Waals surface area contributed by atoms with Crippen molar-refractivity contribution < 1.29 is 4.79 Å². The summed E-state index contributed by atoms with van der Waals surface area (Å²) in [6.07, 6.45) is 1.60. The molecule has 2 N–H and O–H groups in total. The Morgan fingerprint density at radius 3 is 2.48 bits per heavy atom. The van der Waals surface area contributed by atoms with E-state index in [0.29, 0.717) is 16.3 Å². The number of hydrazone groups is 1. The largest absolute Gasteiger partial charge is 0.387 e. The number of nitrogens with zero attached hydrogens (tertiary/aromatic N) is 2. The quantitative estimate of drug-likeness (QED) is 0.654. The standard InChI is InChI=1S/C17H19ClN4O/c1-19-16-9-6-13(18)10-15(16)17(23)21-20-11-12-4-7-14(8-5-12)22(2)3/h4-11,19H,1-3H3,(H,21,23). The zero-order valence-corrected chi connectivity index (χ0v) is 14.1. The van der Waals surface area contributed by atoms with Gasteiger partial charge in [-0.05, 0) is 35.9 Å². The molecule has 6 heteroatoms. The van der Waals surface area contributed by atoms with Gasteiger partial charge in [-0.2, -0.15) is 5.10 Å². The highest BCUT2D eigenvalue weighted by molar-refractivity contribution is 6.31. The van der Waals surface area contributed by atoms with Gasteiger partial charge in [0.15, 0.2) is 0 Å². The molecule has 0 spiro atoms. The highest BCUT2D eigenvalue weighted by Gasteiger charge is 2.10. The van der Waals surface area contributed by atoms with Crippen LogP contribution in [0.2, 0.25) is 5.02 Å². The molecule has 0 aliphatic rings. The van der Waals surface area contributed by atoms with Crippen LogP contribution in [0.3, 0.4) is 0 Å². The first-order valence-corrected chi connectivity index (χ1v) is 7.47. The van der Waals surface area contributed by atoms with Crippen molar-refractivity contribution in [3.8, 4) is 0 Å². The van der Waals surface area contributed by atoms with Crippen LogP contribution in [-0.2, 0) is 0 Å². The predicted octanol–water partition coefficient (Wildman–Crippen LogP) is 3.21. The Kier molecular flexibility index (Phi) is 5.60. The second-order valence-corrected chi connectivity index (χ2v) is 5.56. The van der Waals surface area contributed by atoms with Crippen molar-refractivity contribution in [1.29, 1.82) is 0 Å². The van der Waals surface area contributed by atoms with Gasteiger partial charge in [0, 0.05) is 37.5 Å². The molecule has 0 unspecified atom stereocenters. The number of amides is 1. The van der Waals surface area contributed by atoms with Crippen LogP contribution >= 0.6 is 11.6 Å². The second kappa shape index (κ2) is 7.65. The number of benzene rings is 2. The Bertz CT molecular complexity index is 711. The van der Waals surface area contributed by atoms with Gasteiger partial charge in [-0.1, -0.05) is 23.7 Å². The van der Waals surface area contributed by atoms with E-state index in [1.807, 2.05) is 43.3 Å². The molecule has 0 saturated carbocycles. The Hall–Kier alpha value is -2.53. The van der Waals surface area contributed by atoms with Gasteiger partial charge >= 0.3 is 0 Å². The molecule has 23 heavy (non-hydrogen) atoms. The first kappa shape index (κ1) is 16.8. The molecule has 0 atom stereocenters. The Labute approximate surface area is 141 Å². The zero-order chi connectivity index (χ0) is 16.8. The van der Waals surface area contributed by atoms with Gasteiger partial charge in [0.05, 0.1) is 11.8 Å². The molecule has 0 heterocycles. The number of anilines is 2. The Morgan fingerprint density at radius 1 is 1.17 bits per heavy atom. The number of carbonyl (C=O) groups is 1. The van der Waals surface area contributed by atoms with Crippen LogP contribution < -0.4 is 15.6 Å². The van der Waals surface area contributed by atoms with E-state index in [4.69, 9.17) is 11.6 Å². The van der Waals surface area contributed by atoms with E-state index >= 15 is 0 Å². The third-order valence-corrected chi connectivity index (χ3v) is 3.52. The summed E-state index contributed by atoms with van der Waals surface area (Å²) >= 11 is 5.94. The number of halogens is 1. The van der Waals surface area contributed by atoms with Crippen molar-refractivity contribution >= 4 is 35.1 Å². The minimum Gasteiger partial charge on any atom is -0.387 e. The van der Waals surface area contributed by atoms with E-state index < -0.39 is 0 Å². The molecule has 0 fully saturated rings. The molecule has 0 aromatic heterocycles. The van der Waals surface area contributed by atoms with E-state index in [9.17, 15) is 4.79 Å². The normalized spacial score (nSPS) is 10.6. The Morgan fingerprint density at radius 2 is 1.87 bits per heavy atom. The van der Waals surface area contributed by atoms with Crippen LogP contribution in [0.15, 0.2) is 47.6 Å². The van der Waals surface area contributed by atoms with Crippen molar-refractivity contribution in [3.05, 3.63) is 58.6 Å². The van der Waals surface area contributed by atoms with Crippen LogP contribution in [0.25, 0.3) is 0 Å². The molecule has 5 nitrogen and oxygen atoms in total. The van der Waals surface area contributed by atoms with Crippen molar-refractivity contribution in [2.45, 2.75) is 0 Å². The number of nitrogens with one attached hydrogen (secondary N) is 2. The van der Waals surface area contributed by atoms with Gasteiger partial charge < -0.3 is 10.2 Å². The maximum atomic E-state index is 12.2. The van der Waals surface area contributed by atoms with Crippen molar-refractivity contribution in [2.24, 2.45) is 5.10 Å². The molecule has 0 bridgehead atoms. The highest BCUT2D eigenvalue weighted by Crippen LogP contribution is 2.20. The van der Waals surface area contributed by atoms with E-state index in [1.165, 1.54) is 0 Å².